The van der Waals surface area contributed by atoms with Gasteiger partial charge in [0.05, 0.1) is 11.5 Å². The quantitative estimate of drug-likeness (QED) is 0.636. The largest absolute Gasteiger partial charge is 0.329 e. The number of rotatable bonds is 9. The summed E-state index contributed by atoms with van der Waals surface area (Å²) in [5, 5.41) is 0. The van der Waals surface area contributed by atoms with Crippen molar-refractivity contribution in [3.63, 3.8) is 0 Å². The zero-order valence-corrected chi connectivity index (χ0v) is 12.9. The van der Waals surface area contributed by atoms with E-state index in [0.717, 1.165) is 6.26 Å². The molecule has 0 saturated heterocycles. The first-order chi connectivity index (χ1) is 8.18. The molecule has 0 radical (unpaired) electrons. The van der Waals surface area contributed by atoms with Gasteiger partial charge in [0.2, 0.25) is 10.0 Å². The Balaban J connectivity index is 4.97. The average molecular weight is 300 g/mol. The number of nitrogens with zero attached hydrogens (tertiary/aromatic N) is 1. The standard InChI is InChI=1S/C10H24N2O4S2/c1-4-10(5-2)12(7-6-11)18(15,16)9-8-17(3,13)14/h10H,4-9,11H2,1-3H3. The third-order valence-corrected chi connectivity index (χ3v) is 5.89. The number of nitrogens with two attached hydrogens (primary N) is 1. The minimum Gasteiger partial charge on any atom is -0.329 e. The van der Waals surface area contributed by atoms with Gasteiger partial charge in [0.25, 0.3) is 0 Å². The molecule has 6 nitrogen and oxygen atoms in total. The minimum atomic E-state index is -3.57. The molecule has 0 atom stereocenters. The number of hydrogen-bond acceptors (Lipinski definition) is 5. The summed E-state index contributed by atoms with van der Waals surface area (Å²) in [5.74, 6) is -0.723. The molecule has 0 aliphatic carbocycles. The zero-order chi connectivity index (χ0) is 14.4. The van der Waals surface area contributed by atoms with Crippen molar-refractivity contribution in [2.45, 2.75) is 32.7 Å². The molecule has 0 aromatic carbocycles. The van der Waals surface area contributed by atoms with Crippen LogP contribution in [-0.4, -0.2) is 58.0 Å². The molecule has 110 valence electrons. The fourth-order valence-electron chi connectivity index (χ4n) is 1.75. The monoisotopic (exact) mass is 300 g/mol. The molecular formula is C10H24N2O4S2. The molecule has 0 unspecified atom stereocenters. The lowest BCUT2D eigenvalue weighted by atomic mass is 10.2. The van der Waals surface area contributed by atoms with Crippen LogP contribution in [0.5, 0.6) is 0 Å². The maximum Gasteiger partial charge on any atom is 0.215 e. The highest BCUT2D eigenvalue weighted by Crippen LogP contribution is 2.14. The highest BCUT2D eigenvalue weighted by Gasteiger charge is 2.28. The normalized spacial score (nSPS) is 13.4. The second kappa shape index (κ2) is 7.42. The van der Waals surface area contributed by atoms with Gasteiger partial charge in [-0.25, -0.2) is 16.8 Å². The van der Waals surface area contributed by atoms with Crippen molar-refractivity contribution in [2.75, 3.05) is 30.9 Å². The Morgan fingerprint density at radius 1 is 1.06 bits per heavy atom. The van der Waals surface area contributed by atoms with Gasteiger partial charge in [0, 0.05) is 25.4 Å². The van der Waals surface area contributed by atoms with E-state index in [2.05, 4.69) is 0 Å². The molecule has 2 N–H and O–H groups in total. The lowest BCUT2D eigenvalue weighted by molar-refractivity contribution is 0.310. The Bertz CT molecular complexity index is 427. The predicted octanol–water partition coefficient (Wildman–Crippen LogP) is -0.190. The maximum absolute atomic E-state index is 12.1. The molecule has 0 heterocycles. The summed E-state index contributed by atoms with van der Waals surface area (Å²) in [7, 11) is -6.85. The summed E-state index contributed by atoms with van der Waals surface area (Å²) in [5.41, 5.74) is 5.43. The van der Waals surface area contributed by atoms with Crippen molar-refractivity contribution in [1.29, 1.82) is 0 Å². The van der Waals surface area contributed by atoms with Crippen LogP contribution in [0.25, 0.3) is 0 Å². The zero-order valence-electron chi connectivity index (χ0n) is 11.3. The highest BCUT2D eigenvalue weighted by atomic mass is 32.2. The number of sulfonamides is 1. The van der Waals surface area contributed by atoms with E-state index in [1.54, 1.807) is 0 Å². The molecule has 0 bridgehead atoms. The summed E-state index contributed by atoms with van der Waals surface area (Å²) in [6.07, 6.45) is 2.41. The van der Waals surface area contributed by atoms with Crippen LogP contribution in [-0.2, 0) is 19.9 Å². The molecule has 0 fully saturated rings. The van der Waals surface area contributed by atoms with Crippen molar-refractivity contribution >= 4 is 19.9 Å². The molecule has 0 spiro atoms. The lowest BCUT2D eigenvalue weighted by Crippen LogP contribution is -2.44. The van der Waals surface area contributed by atoms with Crippen LogP contribution in [0.1, 0.15) is 26.7 Å². The Kier molecular flexibility index (Phi) is 7.34. The number of sulfone groups is 1. The molecule has 0 saturated carbocycles. The van der Waals surface area contributed by atoms with Crippen molar-refractivity contribution in [3.8, 4) is 0 Å². The van der Waals surface area contributed by atoms with Gasteiger partial charge in [-0.3, -0.25) is 0 Å². The Labute approximate surface area is 111 Å². The summed E-state index contributed by atoms with van der Waals surface area (Å²) < 4.78 is 47.7. The summed E-state index contributed by atoms with van der Waals surface area (Å²) in [6.45, 7) is 4.28. The molecule has 8 heteroatoms. The molecule has 18 heavy (non-hydrogen) atoms. The van der Waals surface area contributed by atoms with Gasteiger partial charge in [-0.15, -0.1) is 0 Å². The molecule has 0 amide bonds. The minimum absolute atomic E-state index is 0.113. The van der Waals surface area contributed by atoms with E-state index in [4.69, 9.17) is 5.73 Å². The smallest absolute Gasteiger partial charge is 0.215 e. The highest BCUT2D eigenvalue weighted by molar-refractivity contribution is 7.93. The van der Waals surface area contributed by atoms with Gasteiger partial charge in [0.1, 0.15) is 9.84 Å². The fraction of sp³-hybridized carbons (Fsp3) is 1.00. The SMILES string of the molecule is CCC(CC)N(CCN)S(=O)(=O)CCS(C)(=O)=O. The van der Waals surface area contributed by atoms with Crippen molar-refractivity contribution < 1.29 is 16.8 Å². The molecule has 0 aliphatic rings. The van der Waals surface area contributed by atoms with Crippen LogP contribution >= 0.6 is 0 Å². The van der Waals surface area contributed by atoms with Crippen LogP contribution in [0.3, 0.4) is 0 Å². The molecule has 0 rings (SSSR count). The molecule has 0 aromatic heterocycles. The van der Waals surface area contributed by atoms with Gasteiger partial charge in [-0.05, 0) is 12.8 Å². The van der Waals surface area contributed by atoms with Crippen LogP contribution in [0, 0.1) is 0 Å². The van der Waals surface area contributed by atoms with E-state index in [1.807, 2.05) is 13.8 Å². The van der Waals surface area contributed by atoms with Crippen LogP contribution < -0.4 is 5.73 Å². The van der Waals surface area contributed by atoms with E-state index < -0.39 is 19.9 Å². The van der Waals surface area contributed by atoms with Crippen LogP contribution in [0.15, 0.2) is 0 Å². The van der Waals surface area contributed by atoms with Crippen molar-refractivity contribution in [2.24, 2.45) is 5.73 Å². The Hall–Kier alpha value is -0.180. The van der Waals surface area contributed by atoms with E-state index in [0.29, 0.717) is 12.8 Å². The average Bonchev–Trinajstić information content (AvgIpc) is 2.26. The van der Waals surface area contributed by atoms with Gasteiger partial charge < -0.3 is 5.73 Å². The third-order valence-electron chi connectivity index (χ3n) is 2.77. The fourth-order valence-corrected chi connectivity index (χ4v) is 5.17. The lowest BCUT2D eigenvalue weighted by Gasteiger charge is -2.29. The molecular weight excluding hydrogens is 276 g/mol. The van der Waals surface area contributed by atoms with Gasteiger partial charge in [-0.1, -0.05) is 13.8 Å². The predicted molar refractivity (Wildman–Crippen MR) is 73.6 cm³/mol. The number of hydrogen-bond donors (Lipinski definition) is 1. The van der Waals surface area contributed by atoms with Gasteiger partial charge in [0.15, 0.2) is 0 Å². The summed E-state index contributed by atoms with van der Waals surface area (Å²) in [4.78, 5) is 0. The van der Waals surface area contributed by atoms with Gasteiger partial charge in [-0.2, -0.15) is 4.31 Å². The van der Waals surface area contributed by atoms with E-state index in [9.17, 15) is 16.8 Å². The van der Waals surface area contributed by atoms with E-state index in [-0.39, 0.29) is 30.6 Å². The van der Waals surface area contributed by atoms with Crippen LogP contribution in [0.4, 0.5) is 0 Å². The second-order valence-corrected chi connectivity index (χ2v) is 8.62. The second-order valence-electron chi connectivity index (χ2n) is 4.32. The maximum atomic E-state index is 12.1. The first kappa shape index (κ1) is 17.8. The topological polar surface area (TPSA) is 97.5 Å². The van der Waals surface area contributed by atoms with E-state index >= 15 is 0 Å². The summed E-state index contributed by atoms with van der Waals surface area (Å²) in [6, 6.07) is -0.113. The summed E-state index contributed by atoms with van der Waals surface area (Å²) >= 11 is 0. The first-order valence-electron chi connectivity index (χ1n) is 6.05. The Morgan fingerprint density at radius 3 is 1.89 bits per heavy atom. The van der Waals surface area contributed by atoms with Gasteiger partial charge >= 0.3 is 0 Å². The molecule has 0 aliphatic heterocycles. The molecule has 0 aromatic rings. The third kappa shape index (κ3) is 6.12. The van der Waals surface area contributed by atoms with Crippen LogP contribution in [0.2, 0.25) is 0 Å². The van der Waals surface area contributed by atoms with Crippen molar-refractivity contribution in [1.82, 2.24) is 4.31 Å². The first-order valence-corrected chi connectivity index (χ1v) is 9.72. The van der Waals surface area contributed by atoms with Crippen molar-refractivity contribution in [3.05, 3.63) is 0 Å². The Morgan fingerprint density at radius 2 is 1.56 bits per heavy atom. The van der Waals surface area contributed by atoms with E-state index in [1.165, 1.54) is 4.31 Å².